The molecule has 0 radical (unpaired) electrons. The molecule has 2 aromatic heterocycles. The molecule has 0 spiro atoms. The number of hydrogen-bond acceptors (Lipinski definition) is 4. The van der Waals surface area contributed by atoms with Gasteiger partial charge in [0.15, 0.2) is 5.78 Å². The summed E-state index contributed by atoms with van der Waals surface area (Å²) in [5.41, 5.74) is 0.996. The number of aromatic nitrogens is 2. The van der Waals surface area contributed by atoms with Gasteiger partial charge in [0, 0.05) is 30.4 Å². The Hall–Kier alpha value is -2.30. The molecule has 0 aliphatic carbocycles. The molecule has 5 heteroatoms. The second-order valence-corrected chi connectivity index (χ2v) is 3.70. The molecule has 92 valence electrons. The second-order valence-electron chi connectivity index (χ2n) is 3.70. The predicted octanol–water partition coefficient (Wildman–Crippen LogP) is 2.05. The van der Waals surface area contributed by atoms with Crippen LogP contribution in [0.3, 0.4) is 0 Å². The zero-order valence-electron chi connectivity index (χ0n) is 9.76. The van der Waals surface area contributed by atoms with Gasteiger partial charge in [0.05, 0.1) is 13.3 Å². The lowest BCUT2D eigenvalue weighted by Gasteiger charge is -2.02. The summed E-state index contributed by atoms with van der Waals surface area (Å²) >= 11 is 0. The average Bonchev–Trinajstić information content (AvgIpc) is 2.39. The van der Waals surface area contributed by atoms with Gasteiger partial charge in [0.25, 0.3) is 0 Å². The highest BCUT2D eigenvalue weighted by atomic mass is 19.1. The van der Waals surface area contributed by atoms with E-state index >= 15 is 0 Å². The first kappa shape index (κ1) is 12.2. The summed E-state index contributed by atoms with van der Waals surface area (Å²) < 4.78 is 17.8. The normalized spacial score (nSPS) is 10.1. The minimum absolute atomic E-state index is 0.155. The number of ketones is 1. The van der Waals surface area contributed by atoms with Gasteiger partial charge in [-0.1, -0.05) is 6.07 Å². The highest BCUT2D eigenvalue weighted by molar-refractivity contribution is 5.97. The highest BCUT2D eigenvalue weighted by Gasteiger charge is 2.09. The molecular formula is C13H11FN2O2. The number of methoxy groups -OCH3 is 1. The highest BCUT2D eigenvalue weighted by Crippen LogP contribution is 2.10. The number of Topliss-reactive ketones (excluding diaryl/α,β-unsaturated/α-hetero) is 1. The minimum Gasteiger partial charge on any atom is -0.481 e. The molecule has 0 saturated carbocycles. The molecule has 18 heavy (non-hydrogen) atoms. The van der Waals surface area contributed by atoms with E-state index in [0.29, 0.717) is 5.88 Å². The van der Waals surface area contributed by atoms with Crippen molar-refractivity contribution in [2.75, 3.05) is 7.11 Å². The molecule has 2 aromatic rings. The van der Waals surface area contributed by atoms with E-state index in [0.717, 1.165) is 11.8 Å². The Labute approximate surface area is 103 Å². The van der Waals surface area contributed by atoms with Crippen LogP contribution >= 0.6 is 0 Å². The van der Waals surface area contributed by atoms with Crippen molar-refractivity contribution in [3.05, 3.63) is 53.7 Å². The number of nitrogens with zero attached hydrogens (tertiary/aromatic N) is 2. The van der Waals surface area contributed by atoms with Crippen molar-refractivity contribution >= 4 is 5.78 Å². The van der Waals surface area contributed by atoms with Gasteiger partial charge in [0.1, 0.15) is 5.82 Å². The Balaban J connectivity index is 2.11. The van der Waals surface area contributed by atoms with Crippen molar-refractivity contribution in [1.29, 1.82) is 0 Å². The zero-order chi connectivity index (χ0) is 13.0. The third kappa shape index (κ3) is 2.88. The van der Waals surface area contributed by atoms with Gasteiger partial charge in [-0.2, -0.15) is 0 Å². The maximum atomic E-state index is 12.9. The lowest BCUT2D eigenvalue weighted by molar-refractivity contribution is 0.0992. The quantitative estimate of drug-likeness (QED) is 0.775. The molecule has 4 nitrogen and oxygen atoms in total. The maximum Gasteiger partial charge on any atom is 0.212 e. The predicted molar refractivity (Wildman–Crippen MR) is 63.0 cm³/mol. The summed E-state index contributed by atoms with van der Waals surface area (Å²) in [4.78, 5) is 19.5. The van der Waals surface area contributed by atoms with Crippen LogP contribution in [0.1, 0.15) is 15.9 Å². The van der Waals surface area contributed by atoms with Crippen molar-refractivity contribution in [3.63, 3.8) is 0 Å². The zero-order valence-corrected chi connectivity index (χ0v) is 9.76. The molecule has 0 amide bonds. The molecule has 0 atom stereocenters. The number of pyridine rings is 2. The number of halogens is 1. The number of rotatable bonds is 4. The summed E-state index contributed by atoms with van der Waals surface area (Å²) in [7, 11) is 1.52. The van der Waals surface area contributed by atoms with E-state index in [9.17, 15) is 9.18 Å². The van der Waals surface area contributed by atoms with Crippen LogP contribution < -0.4 is 4.74 Å². The van der Waals surface area contributed by atoms with Crippen molar-refractivity contribution in [3.8, 4) is 5.88 Å². The van der Waals surface area contributed by atoms with Crippen molar-refractivity contribution < 1.29 is 13.9 Å². The first-order valence-corrected chi connectivity index (χ1v) is 5.31. The molecule has 2 heterocycles. The van der Waals surface area contributed by atoms with E-state index in [2.05, 4.69) is 9.97 Å². The molecular weight excluding hydrogens is 235 g/mol. The molecule has 0 bridgehead atoms. The number of carbonyl (C=O) groups is 1. The summed E-state index contributed by atoms with van der Waals surface area (Å²) in [5.74, 6) is -0.235. The van der Waals surface area contributed by atoms with E-state index < -0.39 is 5.82 Å². The summed E-state index contributed by atoms with van der Waals surface area (Å²) in [6.45, 7) is 0. The molecule has 0 aromatic carbocycles. The first-order valence-electron chi connectivity index (χ1n) is 5.31. The van der Waals surface area contributed by atoms with E-state index in [1.165, 1.54) is 19.4 Å². The van der Waals surface area contributed by atoms with Crippen LogP contribution in [0.25, 0.3) is 0 Å². The van der Waals surface area contributed by atoms with Crippen LogP contribution in [0.4, 0.5) is 4.39 Å². The molecule has 0 N–H and O–H groups in total. The largest absolute Gasteiger partial charge is 0.481 e. The lowest BCUT2D eigenvalue weighted by atomic mass is 10.1. The smallest absolute Gasteiger partial charge is 0.212 e. The van der Waals surface area contributed by atoms with Crippen LogP contribution in [0, 0.1) is 5.82 Å². The maximum absolute atomic E-state index is 12.9. The van der Waals surface area contributed by atoms with Crippen LogP contribution in [0.2, 0.25) is 0 Å². The molecule has 0 aliphatic rings. The summed E-state index contributed by atoms with van der Waals surface area (Å²) in [5, 5.41) is 0. The fraction of sp³-hybridized carbons (Fsp3) is 0.154. The van der Waals surface area contributed by atoms with E-state index in [-0.39, 0.29) is 17.8 Å². The average molecular weight is 246 g/mol. The Kier molecular flexibility index (Phi) is 3.62. The first-order chi connectivity index (χ1) is 8.69. The van der Waals surface area contributed by atoms with Crippen molar-refractivity contribution in [2.45, 2.75) is 6.42 Å². The van der Waals surface area contributed by atoms with Gasteiger partial charge in [0.2, 0.25) is 5.88 Å². The molecule has 0 unspecified atom stereocenters. The Morgan fingerprint density at radius 3 is 2.78 bits per heavy atom. The second kappa shape index (κ2) is 5.35. The van der Waals surface area contributed by atoms with Crippen LogP contribution in [0.5, 0.6) is 5.88 Å². The van der Waals surface area contributed by atoms with Crippen LogP contribution in [0.15, 0.2) is 36.8 Å². The van der Waals surface area contributed by atoms with Crippen molar-refractivity contribution in [2.24, 2.45) is 0 Å². The van der Waals surface area contributed by atoms with Gasteiger partial charge in [-0.3, -0.25) is 9.78 Å². The van der Waals surface area contributed by atoms with Crippen LogP contribution in [-0.4, -0.2) is 22.9 Å². The Morgan fingerprint density at radius 2 is 2.17 bits per heavy atom. The van der Waals surface area contributed by atoms with Gasteiger partial charge in [-0.05, 0) is 11.6 Å². The standard InChI is InChI=1S/C13H11FN2O2/c1-18-13-3-2-9(6-16-13)4-12(17)10-5-11(14)8-15-7-10/h2-3,5-8H,4H2,1H3. The Morgan fingerprint density at radius 1 is 1.33 bits per heavy atom. The van der Waals surface area contributed by atoms with Crippen molar-refractivity contribution in [1.82, 2.24) is 9.97 Å². The van der Waals surface area contributed by atoms with E-state index in [1.807, 2.05) is 0 Å². The lowest BCUT2D eigenvalue weighted by Crippen LogP contribution is -2.05. The monoisotopic (exact) mass is 246 g/mol. The number of carbonyl (C=O) groups excluding carboxylic acids is 1. The van der Waals surface area contributed by atoms with Gasteiger partial charge in [-0.15, -0.1) is 0 Å². The topological polar surface area (TPSA) is 52.1 Å². The minimum atomic E-state index is -0.520. The van der Waals surface area contributed by atoms with Gasteiger partial charge < -0.3 is 4.74 Å². The molecule has 0 aliphatic heterocycles. The third-order valence-electron chi connectivity index (χ3n) is 2.40. The molecule has 0 saturated heterocycles. The molecule has 2 rings (SSSR count). The van der Waals surface area contributed by atoms with Gasteiger partial charge >= 0.3 is 0 Å². The summed E-state index contributed by atoms with van der Waals surface area (Å²) in [6.07, 6.45) is 4.12. The number of hydrogen-bond donors (Lipinski definition) is 0. The summed E-state index contributed by atoms with van der Waals surface area (Å²) in [6, 6.07) is 4.59. The van der Waals surface area contributed by atoms with Gasteiger partial charge in [-0.25, -0.2) is 9.37 Å². The Bertz CT molecular complexity index is 555. The van der Waals surface area contributed by atoms with Crippen LogP contribution in [-0.2, 0) is 6.42 Å². The van der Waals surface area contributed by atoms with E-state index in [1.54, 1.807) is 18.3 Å². The fourth-order valence-electron chi connectivity index (χ4n) is 1.49. The van der Waals surface area contributed by atoms with E-state index in [4.69, 9.17) is 4.74 Å². The number of ether oxygens (including phenoxy) is 1. The fourth-order valence-corrected chi connectivity index (χ4v) is 1.49. The molecule has 0 fully saturated rings. The SMILES string of the molecule is COc1ccc(CC(=O)c2cncc(F)c2)cn1. The third-order valence-corrected chi connectivity index (χ3v) is 2.40.